The van der Waals surface area contributed by atoms with E-state index in [0.29, 0.717) is 36.7 Å². The van der Waals surface area contributed by atoms with Crippen molar-refractivity contribution >= 4 is 15.9 Å². The molecular weight excluding hydrogens is 424 g/mol. The van der Waals surface area contributed by atoms with Gasteiger partial charge in [-0.25, -0.2) is 8.42 Å². The quantitative estimate of drug-likeness (QED) is 0.667. The third kappa shape index (κ3) is 5.15. The minimum atomic E-state index is -3.51. The second kappa shape index (κ2) is 10.0. The highest BCUT2D eigenvalue weighted by atomic mass is 32.2. The van der Waals surface area contributed by atoms with E-state index in [1.807, 2.05) is 19.9 Å². The first-order valence-electron chi connectivity index (χ1n) is 11.2. The molecule has 6 nitrogen and oxygen atoms in total. The fourth-order valence-electron chi connectivity index (χ4n) is 4.32. The van der Waals surface area contributed by atoms with Gasteiger partial charge in [0.15, 0.2) is 0 Å². The molecule has 1 N–H and O–H groups in total. The summed E-state index contributed by atoms with van der Waals surface area (Å²) in [6, 6.07) is 12.5. The van der Waals surface area contributed by atoms with Crippen LogP contribution in [0.5, 0.6) is 5.75 Å². The first-order chi connectivity index (χ1) is 15.1. The van der Waals surface area contributed by atoms with Crippen molar-refractivity contribution in [3.8, 4) is 5.75 Å². The molecule has 0 bridgehead atoms. The molecule has 1 atom stereocenters. The Morgan fingerprint density at radius 2 is 1.69 bits per heavy atom. The van der Waals surface area contributed by atoms with Gasteiger partial charge in [-0.05, 0) is 73.6 Å². The van der Waals surface area contributed by atoms with Gasteiger partial charge in [-0.15, -0.1) is 0 Å². The first kappa shape index (κ1) is 24.3. The van der Waals surface area contributed by atoms with E-state index in [-0.39, 0.29) is 17.9 Å². The highest BCUT2D eigenvalue weighted by Gasteiger charge is 2.32. The lowest BCUT2D eigenvalue weighted by atomic mass is 9.92. The normalized spacial score (nSPS) is 16.7. The van der Waals surface area contributed by atoms with E-state index in [4.69, 9.17) is 4.74 Å². The lowest BCUT2D eigenvalue weighted by molar-refractivity contribution is -0.126. The van der Waals surface area contributed by atoms with Crippen LogP contribution in [0.25, 0.3) is 0 Å². The van der Waals surface area contributed by atoms with E-state index in [2.05, 4.69) is 25.2 Å². The van der Waals surface area contributed by atoms with Gasteiger partial charge in [0.05, 0.1) is 18.0 Å². The van der Waals surface area contributed by atoms with Crippen LogP contribution in [0.2, 0.25) is 0 Å². The number of benzene rings is 2. The van der Waals surface area contributed by atoms with Crippen molar-refractivity contribution in [2.45, 2.75) is 57.4 Å². The standard InChI is InChI=1S/C25H34N2O4S/c1-17(2)22-16-23(18(3)15-24(22)31-5)19(4)26-25(28)20-11-13-27(14-12-20)32(29,30)21-9-7-6-8-10-21/h6-10,15-17,19-20H,11-14H2,1-5H3,(H,26,28)/t19-/m0/s1. The van der Waals surface area contributed by atoms with E-state index in [0.717, 1.165) is 22.4 Å². The molecule has 1 saturated heterocycles. The summed E-state index contributed by atoms with van der Waals surface area (Å²) in [5.74, 6) is 0.966. The lowest BCUT2D eigenvalue weighted by Crippen LogP contribution is -2.43. The summed E-state index contributed by atoms with van der Waals surface area (Å²) in [6.45, 7) is 8.96. The zero-order valence-corrected chi connectivity index (χ0v) is 20.4. The molecule has 0 aliphatic carbocycles. The molecule has 7 heteroatoms. The van der Waals surface area contributed by atoms with Crippen LogP contribution in [0.4, 0.5) is 0 Å². The molecule has 3 rings (SSSR count). The summed E-state index contributed by atoms with van der Waals surface area (Å²) < 4.78 is 32.6. The van der Waals surface area contributed by atoms with Crippen molar-refractivity contribution in [2.24, 2.45) is 5.92 Å². The second-order valence-corrected chi connectivity index (χ2v) is 10.8. The topological polar surface area (TPSA) is 75.7 Å². The van der Waals surface area contributed by atoms with Crippen LogP contribution in [0, 0.1) is 12.8 Å². The number of carbonyl (C=O) groups excluding carboxylic acids is 1. The molecule has 1 fully saturated rings. The van der Waals surface area contributed by atoms with E-state index < -0.39 is 10.0 Å². The van der Waals surface area contributed by atoms with Crippen LogP contribution < -0.4 is 10.1 Å². The number of amides is 1. The van der Waals surface area contributed by atoms with Crippen LogP contribution >= 0.6 is 0 Å². The van der Waals surface area contributed by atoms with Crippen LogP contribution in [-0.4, -0.2) is 38.8 Å². The van der Waals surface area contributed by atoms with Crippen molar-refractivity contribution in [3.05, 3.63) is 59.2 Å². The Labute approximate surface area is 192 Å². The van der Waals surface area contributed by atoms with E-state index >= 15 is 0 Å². The van der Waals surface area contributed by atoms with E-state index in [9.17, 15) is 13.2 Å². The molecule has 1 aliphatic heterocycles. The van der Waals surface area contributed by atoms with Crippen molar-refractivity contribution in [2.75, 3.05) is 20.2 Å². The minimum Gasteiger partial charge on any atom is -0.496 e. The molecule has 0 saturated carbocycles. The number of ether oxygens (including phenoxy) is 1. The largest absolute Gasteiger partial charge is 0.496 e. The predicted octanol–water partition coefficient (Wildman–Crippen LogP) is 4.41. The van der Waals surface area contributed by atoms with Crippen molar-refractivity contribution in [3.63, 3.8) is 0 Å². The Hall–Kier alpha value is -2.38. The number of piperidine rings is 1. The molecule has 1 amide bonds. The van der Waals surface area contributed by atoms with Gasteiger partial charge in [0.1, 0.15) is 5.75 Å². The summed E-state index contributed by atoms with van der Waals surface area (Å²) in [5, 5.41) is 3.15. The van der Waals surface area contributed by atoms with Gasteiger partial charge in [0.25, 0.3) is 0 Å². The third-order valence-electron chi connectivity index (χ3n) is 6.27. The number of aryl methyl sites for hydroxylation is 1. The number of methoxy groups -OCH3 is 1. The molecule has 2 aromatic rings. The average Bonchev–Trinajstić information content (AvgIpc) is 2.79. The number of hydrogen-bond donors (Lipinski definition) is 1. The van der Waals surface area contributed by atoms with Crippen molar-refractivity contribution < 1.29 is 17.9 Å². The van der Waals surface area contributed by atoms with Gasteiger partial charge in [0.2, 0.25) is 15.9 Å². The van der Waals surface area contributed by atoms with Crippen LogP contribution in [0.1, 0.15) is 62.3 Å². The van der Waals surface area contributed by atoms with Crippen LogP contribution in [-0.2, 0) is 14.8 Å². The lowest BCUT2D eigenvalue weighted by Gasteiger charge is -2.31. The summed E-state index contributed by atoms with van der Waals surface area (Å²) in [7, 11) is -1.84. The zero-order valence-electron chi connectivity index (χ0n) is 19.6. The maximum Gasteiger partial charge on any atom is 0.243 e. The second-order valence-electron chi connectivity index (χ2n) is 8.83. The fraction of sp³-hybridized carbons (Fsp3) is 0.480. The molecule has 32 heavy (non-hydrogen) atoms. The molecule has 0 unspecified atom stereocenters. The van der Waals surface area contributed by atoms with Crippen LogP contribution in [0.15, 0.2) is 47.4 Å². The smallest absolute Gasteiger partial charge is 0.243 e. The number of nitrogens with one attached hydrogen (secondary N) is 1. The van der Waals surface area contributed by atoms with Gasteiger partial charge in [0, 0.05) is 19.0 Å². The maximum absolute atomic E-state index is 13.0. The predicted molar refractivity (Wildman–Crippen MR) is 126 cm³/mol. The Balaban J connectivity index is 1.65. The third-order valence-corrected chi connectivity index (χ3v) is 8.18. The molecule has 0 aromatic heterocycles. The number of rotatable bonds is 7. The van der Waals surface area contributed by atoms with Gasteiger partial charge in [-0.2, -0.15) is 4.31 Å². The Morgan fingerprint density at radius 3 is 2.25 bits per heavy atom. The SMILES string of the molecule is COc1cc(C)c([C@H](C)NC(=O)C2CCN(S(=O)(=O)c3ccccc3)CC2)cc1C(C)C. The maximum atomic E-state index is 13.0. The average molecular weight is 459 g/mol. The number of sulfonamides is 1. The number of hydrogen-bond acceptors (Lipinski definition) is 4. The summed E-state index contributed by atoms with van der Waals surface area (Å²) >= 11 is 0. The monoisotopic (exact) mass is 458 g/mol. The van der Waals surface area contributed by atoms with Gasteiger partial charge in [-0.1, -0.05) is 32.0 Å². The molecule has 174 valence electrons. The van der Waals surface area contributed by atoms with Crippen molar-refractivity contribution in [1.82, 2.24) is 9.62 Å². The molecular formula is C25H34N2O4S. The number of nitrogens with zero attached hydrogens (tertiary/aromatic N) is 1. The Bertz CT molecular complexity index is 1040. The van der Waals surface area contributed by atoms with Gasteiger partial charge >= 0.3 is 0 Å². The summed E-state index contributed by atoms with van der Waals surface area (Å²) in [5.41, 5.74) is 3.27. The summed E-state index contributed by atoms with van der Waals surface area (Å²) in [4.78, 5) is 13.3. The Kier molecular flexibility index (Phi) is 7.62. The molecule has 2 aromatic carbocycles. The molecule has 1 aliphatic rings. The molecule has 0 radical (unpaired) electrons. The van der Waals surface area contributed by atoms with Crippen molar-refractivity contribution in [1.29, 1.82) is 0 Å². The number of carbonyl (C=O) groups is 1. The Morgan fingerprint density at radius 1 is 1.06 bits per heavy atom. The highest BCUT2D eigenvalue weighted by molar-refractivity contribution is 7.89. The van der Waals surface area contributed by atoms with E-state index in [1.165, 1.54) is 4.31 Å². The molecule has 1 heterocycles. The first-order valence-corrected chi connectivity index (χ1v) is 12.6. The minimum absolute atomic E-state index is 0.0180. The summed E-state index contributed by atoms with van der Waals surface area (Å²) in [6.07, 6.45) is 1.03. The van der Waals surface area contributed by atoms with E-state index in [1.54, 1.807) is 37.4 Å². The molecule has 0 spiro atoms. The van der Waals surface area contributed by atoms with Gasteiger partial charge < -0.3 is 10.1 Å². The zero-order chi connectivity index (χ0) is 23.5. The fourth-order valence-corrected chi connectivity index (χ4v) is 5.81. The van der Waals surface area contributed by atoms with Gasteiger partial charge in [-0.3, -0.25) is 4.79 Å². The highest BCUT2D eigenvalue weighted by Crippen LogP contribution is 2.32. The van der Waals surface area contributed by atoms with Crippen LogP contribution in [0.3, 0.4) is 0 Å².